The second kappa shape index (κ2) is 8.07. The van der Waals surface area contributed by atoms with Crippen LogP contribution in [0, 0.1) is 5.82 Å². The first-order valence-electron chi connectivity index (χ1n) is 8.00. The molecule has 0 aliphatic rings. The summed E-state index contributed by atoms with van der Waals surface area (Å²) in [7, 11) is -3.83. The zero-order valence-corrected chi connectivity index (χ0v) is 14.9. The third kappa shape index (κ3) is 4.75. The standard InChI is InChI=1S/C19H16FN3O3S/c20-17-8-1-2-9-18(17)23-19(24)15-6-3-7-16(11-15)27(25,26)22-13-14-5-4-10-21-12-14/h1-12,22H,13H2,(H,23,24). The molecule has 27 heavy (non-hydrogen) atoms. The molecule has 0 bridgehead atoms. The van der Waals surface area contributed by atoms with Crippen LogP contribution in [0.25, 0.3) is 0 Å². The molecule has 0 saturated carbocycles. The van der Waals surface area contributed by atoms with Crippen molar-refractivity contribution in [3.8, 4) is 0 Å². The Morgan fingerprint density at radius 2 is 1.85 bits per heavy atom. The summed E-state index contributed by atoms with van der Waals surface area (Å²) in [6, 6.07) is 14.7. The van der Waals surface area contributed by atoms with Crippen molar-refractivity contribution in [2.75, 3.05) is 5.32 Å². The van der Waals surface area contributed by atoms with Crippen LogP contribution >= 0.6 is 0 Å². The summed E-state index contributed by atoms with van der Waals surface area (Å²) < 4.78 is 41.1. The topological polar surface area (TPSA) is 88.2 Å². The van der Waals surface area contributed by atoms with Crippen LogP contribution < -0.4 is 10.0 Å². The molecule has 3 aromatic rings. The molecule has 0 aliphatic heterocycles. The van der Waals surface area contributed by atoms with Gasteiger partial charge in [0.1, 0.15) is 5.82 Å². The molecule has 6 nitrogen and oxygen atoms in total. The lowest BCUT2D eigenvalue weighted by atomic mass is 10.2. The first kappa shape index (κ1) is 18.7. The van der Waals surface area contributed by atoms with Crippen LogP contribution in [-0.4, -0.2) is 19.3 Å². The van der Waals surface area contributed by atoms with Crippen molar-refractivity contribution in [1.29, 1.82) is 0 Å². The molecular formula is C19H16FN3O3S. The molecule has 1 heterocycles. The number of halogens is 1. The average molecular weight is 385 g/mol. The number of sulfonamides is 1. The van der Waals surface area contributed by atoms with E-state index in [-0.39, 0.29) is 22.7 Å². The third-order valence-corrected chi connectivity index (χ3v) is 5.12. The lowest BCUT2D eigenvalue weighted by molar-refractivity contribution is 0.102. The number of nitrogens with one attached hydrogen (secondary N) is 2. The maximum atomic E-state index is 13.7. The van der Waals surface area contributed by atoms with Crippen molar-refractivity contribution in [3.05, 3.63) is 90.0 Å². The van der Waals surface area contributed by atoms with Gasteiger partial charge in [-0.2, -0.15) is 0 Å². The van der Waals surface area contributed by atoms with Crippen molar-refractivity contribution in [2.24, 2.45) is 0 Å². The highest BCUT2D eigenvalue weighted by molar-refractivity contribution is 7.89. The second-order valence-electron chi connectivity index (χ2n) is 5.65. The molecule has 3 rings (SSSR count). The predicted octanol–water partition coefficient (Wildman–Crippen LogP) is 2.95. The van der Waals surface area contributed by atoms with E-state index in [1.54, 1.807) is 30.6 Å². The van der Waals surface area contributed by atoms with Crippen molar-refractivity contribution >= 4 is 21.6 Å². The second-order valence-corrected chi connectivity index (χ2v) is 7.41. The number of anilines is 1. The molecule has 0 saturated heterocycles. The summed E-state index contributed by atoms with van der Waals surface area (Å²) in [5, 5.41) is 2.43. The summed E-state index contributed by atoms with van der Waals surface area (Å²) >= 11 is 0. The van der Waals surface area contributed by atoms with Gasteiger partial charge >= 0.3 is 0 Å². The highest BCUT2D eigenvalue weighted by Crippen LogP contribution is 2.16. The van der Waals surface area contributed by atoms with Crippen molar-refractivity contribution in [1.82, 2.24) is 9.71 Å². The largest absolute Gasteiger partial charge is 0.319 e. The van der Waals surface area contributed by atoms with Crippen LogP contribution in [0.15, 0.2) is 78.0 Å². The van der Waals surface area contributed by atoms with E-state index in [0.29, 0.717) is 5.56 Å². The highest BCUT2D eigenvalue weighted by Gasteiger charge is 2.17. The van der Waals surface area contributed by atoms with E-state index in [1.165, 1.54) is 42.5 Å². The molecule has 0 unspecified atom stereocenters. The van der Waals surface area contributed by atoms with Crippen LogP contribution in [0.1, 0.15) is 15.9 Å². The van der Waals surface area contributed by atoms with Crippen molar-refractivity contribution in [3.63, 3.8) is 0 Å². The molecule has 8 heteroatoms. The quantitative estimate of drug-likeness (QED) is 0.683. The fourth-order valence-electron chi connectivity index (χ4n) is 2.33. The molecule has 0 radical (unpaired) electrons. The van der Waals surface area contributed by atoms with Gasteiger partial charge in [0.2, 0.25) is 10.0 Å². The molecule has 1 aromatic heterocycles. The van der Waals surface area contributed by atoms with Gasteiger partial charge in [0.15, 0.2) is 0 Å². The summed E-state index contributed by atoms with van der Waals surface area (Å²) in [4.78, 5) is 16.2. The molecule has 0 fully saturated rings. The summed E-state index contributed by atoms with van der Waals surface area (Å²) in [6.45, 7) is 0.0713. The van der Waals surface area contributed by atoms with Gasteiger partial charge < -0.3 is 5.32 Å². The molecule has 1 amide bonds. The van der Waals surface area contributed by atoms with Crippen LogP contribution in [0.3, 0.4) is 0 Å². The fourth-order valence-corrected chi connectivity index (χ4v) is 3.39. The average Bonchev–Trinajstić information content (AvgIpc) is 2.69. The van der Waals surface area contributed by atoms with Crippen molar-refractivity contribution in [2.45, 2.75) is 11.4 Å². The normalized spacial score (nSPS) is 11.1. The molecule has 138 valence electrons. The van der Waals surface area contributed by atoms with E-state index >= 15 is 0 Å². The molecule has 0 aliphatic carbocycles. The van der Waals surface area contributed by atoms with E-state index in [4.69, 9.17) is 0 Å². The molecular weight excluding hydrogens is 369 g/mol. The highest BCUT2D eigenvalue weighted by atomic mass is 32.2. The van der Waals surface area contributed by atoms with Gasteiger partial charge in [-0.15, -0.1) is 0 Å². The van der Waals surface area contributed by atoms with Crippen LogP contribution in [0.4, 0.5) is 10.1 Å². The zero-order chi connectivity index (χ0) is 19.3. The number of aromatic nitrogens is 1. The summed E-state index contributed by atoms with van der Waals surface area (Å²) in [5.41, 5.74) is 0.822. The number of hydrogen-bond donors (Lipinski definition) is 2. The SMILES string of the molecule is O=C(Nc1ccccc1F)c1cccc(S(=O)(=O)NCc2cccnc2)c1. The van der Waals surface area contributed by atoms with Crippen LogP contribution in [0.5, 0.6) is 0 Å². The molecule has 0 spiro atoms. The van der Waals surface area contributed by atoms with Gasteiger partial charge in [-0.05, 0) is 42.0 Å². The lowest BCUT2D eigenvalue weighted by Crippen LogP contribution is -2.24. The van der Waals surface area contributed by atoms with Crippen molar-refractivity contribution < 1.29 is 17.6 Å². The summed E-state index contributed by atoms with van der Waals surface area (Å²) in [5.74, 6) is -1.18. The van der Waals surface area contributed by atoms with E-state index < -0.39 is 21.7 Å². The van der Waals surface area contributed by atoms with Gasteiger partial charge in [-0.25, -0.2) is 17.5 Å². The third-order valence-electron chi connectivity index (χ3n) is 3.72. The Labute approximate surface area is 156 Å². The molecule has 2 N–H and O–H groups in total. The number of para-hydroxylation sites is 1. The monoisotopic (exact) mass is 385 g/mol. The van der Waals surface area contributed by atoms with Crippen LogP contribution in [-0.2, 0) is 16.6 Å². The van der Waals surface area contributed by atoms with Gasteiger partial charge in [0, 0.05) is 24.5 Å². The van der Waals surface area contributed by atoms with Gasteiger partial charge in [0.05, 0.1) is 10.6 Å². The molecule has 2 aromatic carbocycles. The number of benzene rings is 2. The smallest absolute Gasteiger partial charge is 0.255 e. The Balaban J connectivity index is 1.76. The van der Waals surface area contributed by atoms with Crippen LogP contribution in [0.2, 0.25) is 0 Å². The first-order chi connectivity index (χ1) is 13.0. The fraction of sp³-hybridized carbons (Fsp3) is 0.0526. The molecule has 0 atom stereocenters. The maximum absolute atomic E-state index is 13.7. The van der Waals surface area contributed by atoms with Gasteiger partial charge in [0.25, 0.3) is 5.91 Å². The zero-order valence-electron chi connectivity index (χ0n) is 14.1. The maximum Gasteiger partial charge on any atom is 0.255 e. The minimum atomic E-state index is -3.83. The van der Waals surface area contributed by atoms with E-state index in [0.717, 1.165) is 0 Å². The number of carbonyl (C=O) groups excluding carboxylic acids is 1. The van der Waals surface area contributed by atoms with E-state index in [1.807, 2.05) is 0 Å². The van der Waals surface area contributed by atoms with Gasteiger partial charge in [-0.3, -0.25) is 9.78 Å². The number of nitrogens with zero attached hydrogens (tertiary/aromatic N) is 1. The number of amides is 1. The minimum Gasteiger partial charge on any atom is -0.319 e. The number of rotatable bonds is 6. The minimum absolute atomic E-state index is 0.0189. The Morgan fingerprint density at radius 1 is 1.04 bits per heavy atom. The Hall–Kier alpha value is -3.10. The van der Waals surface area contributed by atoms with E-state index in [2.05, 4.69) is 15.0 Å². The number of pyridine rings is 1. The Kier molecular flexibility index (Phi) is 5.58. The predicted molar refractivity (Wildman–Crippen MR) is 99.1 cm³/mol. The summed E-state index contributed by atoms with van der Waals surface area (Å²) in [6.07, 6.45) is 3.15. The lowest BCUT2D eigenvalue weighted by Gasteiger charge is -2.09. The number of hydrogen-bond acceptors (Lipinski definition) is 4. The first-order valence-corrected chi connectivity index (χ1v) is 9.48. The number of carbonyl (C=O) groups is 1. The van der Waals surface area contributed by atoms with Gasteiger partial charge in [-0.1, -0.05) is 24.3 Å². The van der Waals surface area contributed by atoms with E-state index in [9.17, 15) is 17.6 Å². The Bertz CT molecular complexity index is 1060. The Morgan fingerprint density at radius 3 is 2.59 bits per heavy atom.